The third-order valence-corrected chi connectivity index (χ3v) is 4.38. The summed E-state index contributed by atoms with van der Waals surface area (Å²) >= 11 is 0. The van der Waals surface area contributed by atoms with Gasteiger partial charge in [-0.05, 0) is 14.1 Å². The Kier molecular flexibility index (Phi) is 8.35. The molecule has 0 amide bonds. The molecule has 1 heterocycles. The van der Waals surface area contributed by atoms with Crippen molar-refractivity contribution in [1.29, 1.82) is 0 Å². The van der Waals surface area contributed by atoms with E-state index in [1.165, 1.54) is 5.75 Å². The predicted octanol–water partition coefficient (Wildman–Crippen LogP) is 2.35. The molecule has 0 radical (unpaired) electrons. The molecule has 0 spiro atoms. The van der Waals surface area contributed by atoms with Crippen LogP contribution in [0.5, 0.6) is 0 Å². The smallest absolute Gasteiger partial charge is 0.0833 e. The first kappa shape index (κ1) is 13.6. The second kappa shape index (κ2) is 7.97. The highest BCUT2D eigenvalue weighted by molar-refractivity contribution is 8.76. The van der Waals surface area contributed by atoms with Crippen molar-refractivity contribution in [2.24, 2.45) is 0 Å². The monoisotopic (exact) mass is 223 g/mol. The number of likely N-dealkylation sites (N-methyl/N-ethyl adjacent to an activating group) is 1. The van der Waals surface area contributed by atoms with Gasteiger partial charge in [0.25, 0.3) is 0 Å². The molecule has 1 aliphatic rings. The standard InChI is InChI=1S/C7H15NOS2.C2H6/c1-8(2)6-4-10-11-5-7(6)9-3;1-2/h6-7H,4-5H2,1-3H3;1-2H3. The Morgan fingerprint density at radius 2 is 1.69 bits per heavy atom. The van der Waals surface area contributed by atoms with Crippen LogP contribution in [0.2, 0.25) is 0 Å². The van der Waals surface area contributed by atoms with E-state index in [1.807, 2.05) is 35.4 Å². The van der Waals surface area contributed by atoms with Crippen LogP contribution in [0.1, 0.15) is 13.8 Å². The van der Waals surface area contributed by atoms with Gasteiger partial charge in [-0.25, -0.2) is 0 Å². The molecule has 13 heavy (non-hydrogen) atoms. The summed E-state index contributed by atoms with van der Waals surface area (Å²) in [6.07, 6.45) is 0.413. The van der Waals surface area contributed by atoms with E-state index >= 15 is 0 Å². The van der Waals surface area contributed by atoms with Crippen molar-refractivity contribution < 1.29 is 4.74 Å². The molecule has 4 heteroatoms. The van der Waals surface area contributed by atoms with Gasteiger partial charge in [0, 0.05) is 24.7 Å². The number of methoxy groups -OCH3 is 1. The Morgan fingerprint density at radius 1 is 1.15 bits per heavy atom. The average molecular weight is 223 g/mol. The van der Waals surface area contributed by atoms with Gasteiger partial charge in [0.2, 0.25) is 0 Å². The van der Waals surface area contributed by atoms with Crippen molar-refractivity contribution in [3.8, 4) is 0 Å². The fourth-order valence-electron chi connectivity index (χ4n) is 1.16. The Labute approximate surface area is 90.2 Å². The Bertz CT molecular complexity index is 122. The van der Waals surface area contributed by atoms with Crippen LogP contribution < -0.4 is 0 Å². The average Bonchev–Trinajstić information content (AvgIpc) is 2.20. The molecule has 1 fully saturated rings. The molecule has 2 atom stereocenters. The summed E-state index contributed by atoms with van der Waals surface area (Å²) in [6, 6.07) is 0.589. The van der Waals surface area contributed by atoms with E-state index in [2.05, 4.69) is 19.0 Å². The van der Waals surface area contributed by atoms with Gasteiger partial charge in [-0.1, -0.05) is 35.4 Å². The molecule has 1 saturated heterocycles. The lowest BCUT2D eigenvalue weighted by Crippen LogP contribution is -2.44. The van der Waals surface area contributed by atoms with Crippen LogP contribution in [-0.2, 0) is 4.74 Å². The minimum Gasteiger partial charge on any atom is -0.379 e. The van der Waals surface area contributed by atoms with E-state index in [-0.39, 0.29) is 0 Å². The molecule has 0 aromatic rings. The topological polar surface area (TPSA) is 12.5 Å². The Balaban J connectivity index is 0.000000671. The van der Waals surface area contributed by atoms with Gasteiger partial charge in [-0.15, -0.1) is 0 Å². The molecule has 0 aromatic heterocycles. The maximum absolute atomic E-state index is 5.39. The molecule has 2 nitrogen and oxygen atoms in total. The number of rotatable bonds is 2. The normalized spacial score (nSPS) is 28.2. The summed E-state index contributed by atoms with van der Waals surface area (Å²) < 4.78 is 5.39. The SMILES string of the molecule is CC.COC1CSSCC1N(C)C. The lowest BCUT2D eigenvalue weighted by Gasteiger charge is -2.33. The lowest BCUT2D eigenvalue weighted by atomic mass is 10.2. The van der Waals surface area contributed by atoms with E-state index < -0.39 is 0 Å². The van der Waals surface area contributed by atoms with Crippen LogP contribution in [0.4, 0.5) is 0 Å². The summed E-state index contributed by atoms with van der Waals surface area (Å²) in [5.74, 6) is 2.29. The predicted molar refractivity (Wildman–Crippen MR) is 64.5 cm³/mol. The van der Waals surface area contributed by atoms with E-state index in [0.717, 1.165) is 5.75 Å². The first-order chi connectivity index (χ1) is 6.25. The highest BCUT2D eigenvalue weighted by Gasteiger charge is 2.27. The number of nitrogens with zero attached hydrogens (tertiary/aromatic N) is 1. The van der Waals surface area contributed by atoms with Crippen LogP contribution in [0.25, 0.3) is 0 Å². The third-order valence-electron chi connectivity index (χ3n) is 1.95. The van der Waals surface area contributed by atoms with Gasteiger partial charge in [0.15, 0.2) is 0 Å². The van der Waals surface area contributed by atoms with Crippen LogP contribution in [0, 0.1) is 0 Å². The fraction of sp³-hybridized carbons (Fsp3) is 1.00. The summed E-state index contributed by atoms with van der Waals surface area (Å²) in [6.45, 7) is 4.00. The zero-order valence-corrected chi connectivity index (χ0v) is 10.9. The third kappa shape index (κ3) is 4.58. The summed E-state index contributed by atoms with van der Waals surface area (Å²) in [4.78, 5) is 2.25. The van der Waals surface area contributed by atoms with E-state index in [9.17, 15) is 0 Å². The van der Waals surface area contributed by atoms with Gasteiger partial charge in [0.1, 0.15) is 0 Å². The minimum absolute atomic E-state index is 0.413. The van der Waals surface area contributed by atoms with E-state index in [1.54, 1.807) is 7.11 Å². The van der Waals surface area contributed by atoms with Crippen molar-refractivity contribution >= 4 is 21.6 Å². The Morgan fingerprint density at radius 3 is 2.08 bits per heavy atom. The van der Waals surface area contributed by atoms with Gasteiger partial charge in [-0.2, -0.15) is 0 Å². The number of ether oxygens (including phenoxy) is 1. The molecule has 2 unspecified atom stereocenters. The largest absolute Gasteiger partial charge is 0.379 e. The quantitative estimate of drug-likeness (QED) is 0.666. The second-order valence-corrected chi connectivity index (χ2v) is 5.43. The van der Waals surface area contributed by atoms with Crippen LogP contribution in [-0.4, -0.2) is 49.8 Å². The van der Waals surface area contributed by atoms with Crippen LogP contribution >= 0.6 is 21.6 Å². The molecule has 0 aliphatic carbocycles. The molecule has 1 rings (SSSR count). The van der Waals surface area contributed by atoms with Crippen molar-refractivity contribution in [1.82, 2.24) is 4.90 Å². The molecular formula is C9H21NOS2. The van der Waals surface area contributed by atoms with Crippen molar-refractivity contribution in [3.05, 3.63) is 0 Å². The number of hydrogen-bond donors (Lipinski definition) is 0. The summed E-state index contributed by atoms with van der Waals surface area (Å²) in [7, 11) is 9.90. The zero-order valence-electron chi connectivity index (χ0n) is 9.24. The first-order valence-electron chi connectivity index (χ1n) is 4.69. The van der Waals surface area contributed by atoms with Gasteiger partial charge < -0.3 is 9.64 Å². The first-order valence-corrected chi connectivity index (χ1v) is 7.18. The highest BCUT2D eigenvalue weighted by Crippen LogP contribution is 2.32. The van der Waals surface area contributed by atoms with Crippen molar-refractivity contribution in [3.63, 3.8) is 0 Å². The maximum Gasteiger partial charge on any atom is 0.0833 e. The second-order valence-electron chi connectivity index (χ2n) is 2.87. The van der Waals surface area contributed by atoms with Crippen molar-refractivity contribution in [2.75, 3.05) is 32.7 Å². The molecule has 0 N–H and O–H groups in total. The van der Waals surface area contributed by atoms with Crippen LogP contribution in [0.15, 0.2) is 0 Å². The zero-order chi connectivity index (χ0) is 10.3. The summed E-state index contributed by atoms with van der Waals surface area (Å²) in [5, 5.41) is 0. The highest BCUT2D eigenvalue weighted by atomic mass is 33.1. The molecular weight excluding hydrogens is 202 g/mol. The molecule has 1 aliphatic heterocycles. The van der Waals surface area contributed by atoms with Gasteiger partial charge >= 0.3 is 0 Å². The van der Waals surface area contributed by atoms with E-state index in [4.69, 9.17) is 4.74 Å². The summed E-state index contributed by atoms with van der Waals surface area (Å²) in [5.41, 5.74) is 0. The van der Waals surface area contributed by atoms with E-state index in [0.29, 0.717) is 12.1 Å². The molecule has 0 aromatic carbocycles. The lowest BCUT2D eigenvalue weighted by molar-refractivity contribution is 0.0581. The number of hydrogen-bond acceptors (Lipinski definition) is 4. The van der Waals surface area contributed by atoms with Crippen molar-refractivity contribution in [2.45, 2.75) is 26.0 Å². The minimum atomic E-state index is 0.413. The fourth-order valence-corrected chi connectivity index (χ4v) is 3.89. The van der Waals surface area contributed by atoms with Crippen LogP contribution in [0.3, 0.4) is 0 Å². The van der Waals surface area contributed by atoms with Gasteiger partial charge in [0.05, 0.1) is 6.10 Å². The maximum atomic E-state index is 5.39. The van der Waals surface area contributed by atoms with Gasteiger partial charge in [-0.3, -0.25) is 0 Å². The molecule has 0 bridgehead atoms. The Hall–Kier alpha value is 0.620. The molecule has 0 saturated carbocycles. The molecule has 80 valence electrons.